The lowest BCUT2D eigenvalue weighted by Gasteiger charge is -2.34. The summed E-state index contributed by atoms with van der Waals surface area (Å²) in [5.41, 5.74) is 1.96. The molecule has 0 amide bonds. The Balaban J connectivity index is 1.64. The predicted octanol–water partition coefficient (Wildman–Crippen LogP) is 1.51. The van der Waals surface area contributed by atoms with Crippen molar-refractivity contribution >= 4 is 20.0 Å². The van der Waals surface area contributed by atoms with E-state index in [2.05, 4.69) is 0 Å². The summed E-state index contributed by atoms with van der Waals surface area (Å²) < 4.78 is 59.3. The summed E-state index contributed by atoms with van der Waals surface area (Å²) in [6.07, 6.45) is 2.48. The van der Waals surface area contributed by atoms with E-state index in [-0.39, 0.29) is 42.9 Å². The first-order chi connectivity index (χ1) is 12.7. The third kappa shape index (κ3) is 4.71. The molecule has 2 aliphatic heterocycles. The summed E-state index contributed by atoms with van der Waals surface area (Å²) >= 11 is 0. The van der Waals surface area contributed by atoms with Crippen LogP contribution >= 0.6 is 0 Å². The predicted molar refractivity (Wildman–Crippen MR) is 104 cm³/mol. The molecule has 3 rings (SSSR count). The summed E-state index contributed by atoms with van der Waals surface area (Å²) in [6.45, 7) is 5.12. The molecule has 152 valence electrons. The molecule has 0 saturated carbocycles. The first-order valence-corrected chi connectivity index (χ1v) is 12.4. The standard InChI is InChI=1S/C18H28N2O5S2/c1-15-6-7-18(13-16(15)2)27(23,24)20-10-8-19(9-11-20)26(21,22)14-17-5-3-4-12-25-17/h6-7,13,17H,3-5,8-12,14H2,1-2H3. The number of sulfonamides is 2. The van der Waals surface area contributed by atoms with Gasteiger partial charge in [-0.2, -0.15) is 8.61 Å². The quantitative estimate of drug-likeness (QED) is 0.726. The monoisotopic (exact) mass is 416 g/mol. The fraction of sp³-hybridized carbons (Fsp3) is 0.667. The van der Waals surface area contributed by atoms with Crippen molar-refractivity contribution in [1.29, 1.82) is 0 Å². The molecule has 0 aromatic heterocycles. The van der Waals surface area contributed by atoms with E-state index in [0.29, 0.717) is 6.61 Å². The molecule has 1 aromatic rings. The molecular formula is C18H28N2O5S2. The Morgan fingerprint density at radius 1 is 0.963 bits per heavy atom. The number of aryl methyl sites for hydroxylation is 2. The number of benzene rings is 1. The average molecular weight is 417 g/mol. The first kappa shape index (κ1) is 20.7. The summed E-state index contributed by atoms with van der Waals surface area (Å²) in [5.74, 6) is -0.0170. The van der Waals surface area contributed by atoms with Gasteiger partial charge in [0.15, 0.2) is 0 Å². The van der Waals surface area contributed by atoms with Crippen LogP contribution in [0.15, 0.2) is 23.1 Å². The second kappa shape index (κ2) is 8.16. The van der Waals surface area contributed by atoms with Gasteiger partial charge >= 0.3 is 0 Å². The van der Waals surface area contributed by atoms with Gasteiger partial charge in [0.1, 0.15) is 0 Å². The van der Waals surface area contributed by atoms with Gasteiger partial charge in [0, 0.05) is 32.8 Å². The van der Waals surface area contributed by atoms with Gasteiger partial charge < -0.3 is 4.74 Å². The molecule has 7 nitrogen and oxygen atoms in total. The molecule has 0 aliphatic carbocycles. The van der Waals surface area contributed by atoms with Crippen molar-refractivity contribution in [2.75, 3.05) is 38.5 Å². The zero-order valence-corrected chi connectivity index (χ0v) is 17.6. The van der Waals surface area contributed by atoms with Crippen molar-refractivity contribution < 1.29 is 21.6 Å². The summed E-state index contributed by atoms with van der Waals surface area (Å²) in [4.78, 5) is 0.262. The SMILES string of the molecule is Cc1ccc(S(=O)(=O)N2CCN(S(=O)(=O)CC3CCCCO3)CC2)cc1C. The van der Waals surface area contributed by atoms with Crippen LogP contribution in [0.4, 0.5) is 0 Å². The van der Waals surface area contributed by atoms with E-state index in [4.69, 9.17) is 4.74 Å². The Hall–Kier alpha value is -1.00. The normalized spacial score (nSPS) is 23.4. The van der Waals surface area contributed by atoms with Crippen molar-refractivity contribution in [3.8, 4) is 0 Å². The maximum Gasteiger partial charge on any atom is 0.243 e. The van der Waals surface area contributed by atoms with Crippen LogP contribution in [-0.2, 0) is 24.8 Å². The number of ether oxygens (including phenoxy) is 1. The van der Waals surface area contributed by atoms with Crippen molar-refractivity contribution in [3.63, 3.8) is 0 Å². The molecule has 0 bridgehead atoms. The second-order valence-corrected chi connectivity index (χ2v) is 11.3. The van der Waals surface area contributed by atoms with E-state index in [9.17, 15) is 16.8 Å². The van der Waals surface area contributed by atoms with Gasteiger partial charge in [0.2, 0.25) is 20.0 Å². The molecule has 0 spiro atoms. The summed E-state index contributed by atoms with van der Waals surface area (Å²) in [6, 6.07) is 5.09. The van der Waals surface area contributed by atoms with E-state index < -0.39 is 20.0 Å². The van der Waals surface area contributed by atoms with Crippen LogP contribution in [0.25, 0.3) is 0 Å². The van der Waals surface area contributed by atoms with Crippen LogP contribution in [0.2, 0.25) is 0 Å². The molecule has 2 aliphatic rings. The molecular weight excluding hydrogens is 388 g/mol. The highest BCUT2D eigenvalue weighted by molar-refractivity contribution is 7.89. The van der Waals surface area contributed by atoms with Gasteiger partial charge in [-0.05, 0) is 56.4 Å². The number of hydrogen-bond acceptors (Lipinski definition) is 5. The topological polar surface area (TPSA) is 84.0 Å². The number of nitrogens with zero attached hydrogens (tertiary/aromatic N) is 2. The zero-order valence-electron chi connectivity index (χ0n) is 15.9. The Morgan fingerprint density at radius 3 is 2.22 bits per heavy atom. The number of hydrogen-bond donors (Lipinski definition) is 0. The van der Waals surface area contributed by atoms with Crippen molar-refractivity contribution in [2.24, 2.45) is 0 Å². The summed E-state index contributed by atoms with van der Waals surface area (Å²) in [7, 11) is -7.05. The zero-order chi connectivity index (χ0) is 19.7. The minimum Gasteiger partial charge on any atom is -0.377 e. The molecule has 0 radical (unpaired) electrons. The highest BCUT2D eigenvalue weighted by Crippen LogP contribution is 2.22. The van der Waals surface area contributed by atoms with Gasteiger partial charge in [0.05, 0.1) is 16.8 Å². The molecule has 1 atom stereocenters. The molecule has 9 heteroatoms. The fourth-order valence-electron chi connectivity index (χ4n) is 3.49. The van der Waals surface area contributed by atoms with Crippen LogP contribution in [0.5, 0.6) is 0 Å². The largest absolute Gasteiger partial charge is 0.377 e. The maximum atomic E-state index is 12.9. The van der Waals surface area contributed by atoms with Crippen LogP contribution in [0.3, 0.4) is 0 Å². The fourth-order valence-corrected chi connectivity index (χ4v) is 6.66. The van der Waals surface area contributed by atoms with E-state index in [1.165, 1.54) is 8.61 Å². The van der Waals surface area contributed by atoms with Crippen molar-refractivity contribution in [2.45, 2.75) is 44.1 Å². The van der Waals surface area contributed by atoms with Crippen LogP contribution in [0, 0.1) is 13.8 Å². The summed E-state index contributed by atoms with van der Waals surface area (Å²) in [5, 5.41) is 0. The first-order valence-electron chi connectivity index (χ1n) is 9.37. The van der Waals surface area contributed by atoms with E-state index in [1.807, 2.05) is 13.8 Å². The molecule has 1 aromatic carbocycles. The van der Waals surface area contributed by atoms with Gasteiger partial charge in [-0.1, -0.05) is 6.07 Å². The van der Waals surface area contributed by atoms with Crippen molar-refractivity contribution in [1.82, 2.24) is 8.61 Å². The number of piperazine rings is 1. The van der Waals surface area contributed by atoms with Crippen LogP contribution < -0.4 is 0 Å². The third-order valence-electron chi connectivity index (χ3n) is 5.38. The van der Waals surface area contributed by atoms with Crippen LogP contribution in [-0.4, -0.2) is 70.1 Å². The maximum absolute atomic E-state index is 12.9. The van der Waals surface area contributed by atoms with Gasteiger partial charge in [-0.25, -0.2) is 16.8 Å². The third-order valence-corrected chi connectivity index (χ3v) is 9.22. The molecule has 2 fully saturated rings. The Bertz CT molecular complexity index is 869. The lowest BCUT2D eigenvalue weighted by molar-refractivity contribution is 0.0297. The lowest BCUT2D eigenvalue weighted by atomic mass is 10.1. The molecule has 2 heterocycles. The molecule has 2 saturated heterocycles. The van der Waals surface area contributed by atoms with Crippen molar-refractivity contribution in [3.05, 3.63) is 29.3 Å². The molecule has 1 unspecified atom stereocenters. The second-order valence-electron chi connectivity index (χ2n) is 7.32. The van der Waals surface area contributed by atoms with E-state index >= 15 is 0 Å². The smallest absolute Gasteiger partial charge is 0.243 e. The minimum absolute atomic E-state index is 0.0170. The Labute approximate surface area is 162 Å². The highest BCUT2D eigenvalue weighted by atomic mass is 32.2. The average Bonchev–Trinajstić information content (AvgIpc) is 2.64. The van der Waals surface area contributed by atoms with Gasteiger partial charge in [0.25, 0.3) is 0 Å². The number of rotatable bonds is 5. The molecule has 0 N–H and O–H groups in total. The Kier molecular flexibility index (Phi) is 6.27. The van der Waals surface area contributed by atoms with Crippen LogP contribution in [0.1, 0.15) is 30.4 Å². The van der Waals surface area contributed by atoms with Gasteiger partial charge in [-0.15, -0.1) is 0 Å². The van der Waals surface area contributed by atoms with E-state index in [0.717, 1.165) is 30.4 Å². The van der Waals surface area contributed by atoms with Gasteiger partial charge in [-0.3, -0.25) is 0 Å². The lowest BCUT2D eigenvalue weighted by Crippen LogP contribution is -2.51. The molecule has 27 heavy (non-hydrogen) atoms. The Morgan fingerprint density at radius 2 is 1.63 bits per heavy atom. The highest BCUT2D eigenvalue weighted by Gasteiger charge is 2.34. The van der Waals surface area contributed by atoms with E-state index in [1.54, 1.807) is 18.2 Å². The minimum atomic E-state index is -3.61.